The van der Waals surface area contributed by atoms with Crippen molar-refractivity contribution >= 4 is 75.4 Å². The number of fused-ring (bicyclic) bond motifs is 12. The molecule has 0 radical (unpaired) electrons. The molecule has 0 saturated heterocycles. The topological polar surface area (TPSA) is 65.0 Å². The molecule has 0 spiro atoms. The first-order chi connectivity index (χ1) is 32.4. The van der Waals surface area contributed by atoms with E-state index in [2.05, 4.69) is 159 Å². The van der Waals surface area contributed by atoms with Crippen LogP contribution in [0.4, 0.5) is 0 Å². The Morgan fingerprint density at radius 1 is 0.364 bits per heavy atom. The molecule has 66 heavy (non-hydrogen) atoms. The zero-order valence-corrected chi connectivity index (χ0v) is 36.8. The van der Waals surface area contributed by atoms with E-state index in [4.69, 9.17) is 23.8 Å². The molecule has 1 aliphatic rings. The highest BCUT2D eigenvalue weighted by molar-refractivity contribution is 7.25. The van der Waals surface area contributed by atoms with Crippen molar-refractivity contribution in [1.82, 2.24) is 15.0 Å². The number of nitrogens with zero attached hydrogens (tertiary/aromatic N) is 3. The van der Waals surface area contributed by atoms with Crippen LogP contribution in [0.3, 0.4) is 0 Å². The van der Waals surface area contributed by atoms with Gasteiger partial charge in [-0.3, -0.25) is 0 Å². The molecule has 0 atom stereocenters. The van der Waals surface area contributed by atoms with Gasteiger partial charge in [0.1, 0.15) is 22.3 Å². The molecule has 0 aliphatic heterocycles. The van der Waals surface area contributed by atoms with Crippen LogP contribution in [-0.4, -0.2) is 15.0 Å². The van der Waals surface area contributed by atoms with Crippen LogP contribution < -0.4 is 0 Å². The van der Waals surface area contributed by atoms with Gasteiger partial charge in [0, 0.05) is 63.8 Å². The van der Waals surface area contributed by atoms with Crippen LogP contribution in [0.5, 0.6) is 0 Å². The zero-order valence-electron chi connectivity index (χ0n) is 36.0. The minimum atomic E-state index is -0.0713. The SMILES string of the molecule is CC1(C)c2ccccc2-c2c(-c3cccc(-c4ccc5oc6cccc(-c7nc(-c8ccc9sc%10ccccc%10c9c8)nc(-c8cccc9oc%10ccccc%10c89)n7)c6c5c4)c3)cccc21. The second-order valence-corrected chi connectivity index (χ2v) is 18.9. The smallest absolute Gasteiger partial charge is 0.164 e. The van der Waals surface area contributed by atoms with E-state index in [0.29, 0.717) is 17.5 Å². The van der Waals surface area contributed by atoms with E-state index in [1.165, 1.54) is 53.6 Å². The van der Waals surface area contributed by atoms with Crippen LogP contribution in [0.1, 0.15) is 25.0 Å². The highest BCUT2D eigenvalue weighted by Gasteiger charge is 2.36. The molecule has 0 bridgehead atoms. The van der Waals surface area contributed by atoms with Gasteiger partial charge < -0.3 is 8.83 Å². The maximum Gasteiger partial charge on any atom is 0.164 e. The third-order valence-corrected chi connectivity index (χ3v) is 14.9. The predicted octanol–water partition coefficient (Wildman–Crippen LogP) is 16.7. The van der Waals surface area contributed by atoms with Crippen LogP contribution in [-0.2, 0) is 5.41 Å². The fourth-order valence-electron chi connectivity index (χ4n) is 10.6. The Kier molecular flexibility index (Phi) is 7.84. The Hall–Kier alpha value is -8.19. The molecule has 5 nitrogen and oxygen atoms in total. The maximum atomic E-state index is 6.62. The first-order valence-electron chi connectivity index (χ1n) is 22.3. The van der Waals surface area contributed by atoms with Crippen LogP contribution in [0, 0.1) is 0 Å². The third kappa shape index (κ3) is 5.49. The van der Waals surface area contributed by atoms with Gasteiger partial charge in [0.2, 0.25) is 0 Å². The van der Waals surface area contributed by atoms with E-state index in [-0.39, 0.29) is 5.41 Å². The molecular formula is C60H37N3O2S. The summed E-state index contributed by atoms with van der Waals surface area (Å²) in [6.07, 6.45) is 0. The number of hydrogen-bond acceptors (Lipinski definition) is 6. The Bertz CT molecular complexity index is 4170. The van der Waals surface area contributed by atoms with Gasteiger partial charge in [-0.1, -0.05) is 141 Å². The minimum Gasteiger partial charge on any atom is -0.456 e. The molecule has 4 heterocycles. The maximum absolute atomic E-state index is 6.62. The lowest BCUT2D eigenvalue weighted by Gasteiger charge is -2.21. The summed E-state index contributed by atoms with van der Waals surface area (Å²) in [6.45, 7) is 4.67. The molecule has 6 heteroatoms. The van der Waals surface area contributed by atoms with Gasteiger partial charge in [-0.2, -0.15) is 0 Å². The van der Waals surface area contributed by atoms with Crippen molar-refractivity contribution in [2.45, 2.75) is 19.3 Å². The standard InChI is InChI=1S/C60H37N3O2S/c1-60(2)46-21-6-3-16-40(46)54-38(18-10-22-47(54)60)36-14-9-13-34(31-36)35-27-29-49-45(32-35)56-43(20-12-25-51(56)65-49)59-62-57(37-28-30-53-44(33-37)39-15-5-8-26-52(39)66-53)61-58(63-59)42-19-11-24-50-55(42)41-17-4-7-23-48(41)64-50/h3-33H,1-2H3. The molecule has 9 aromatic carbocycles. The molecule has 13 aromatic rings. The molecule has 0 N–H and O–H groups in total. The van der Waals surface area contributed by atoms with E-state index in [1.807, 2.05) is 42.5 Å². The summed E-state index contributed by atoms with van der Waals surface area (Å²) in [5.41, 5.74) is 15.8. The quantitative estimate of drug-likeness (QED) is 0.172. The summed E-state index contributed by atoms with van der Waals surface area (Å²) in [5, 5.41) is 6.35. The summed E-state index contributed by atoms with van der Waals surface area (Å²) < 4.78 is 15.5. The van der Waals surface area contributed by atoms with Crippen molar-refractivity contribution in [2.24, 2.45) is 0 Å². The van der Waals surface area contributed by atoms with Crippen LogP contribution in [0.25, 0.3) is 132 Å². The predicted molar refractivity (Wildman–Crippen MR) is 272 cm³/mol. The molecule has 0 amide bonds. The van der Waals surface area contributed by atoms with Crippen molar-refractivity contribution in [3.63, 3.8) is 0 Å². The number of aromatic nitrogens is 3. The Labute approximate surface area is 383 Å². The summed E-state index contributed by atoms with van der Waals surface area (Å²) in [7, 11) is 0. The van der Waals surface area contributed by atoms with Gasteiger partial charge in [0.25, 0.3) is 0 Å². The lowest BCUT2D eigenvalue weighted by atomic mass is 9.82. The summed E-state index contributed by atoms with van der Waals surface area (Å²) in [4.78, 5) is 16.0. The number of rotatable bonds is 5. The number of thiophene rings is 1. The average molecular weight is 864 g/mol. The van der Waals surface area contributed by atoms with E-state index in [9.17, 15) is 0 Å². The number of para-hydroxylation sites is 1. The second kappa shape index (κ2) is 13.9. The van der Waals surface area contributed by atoms with Crippen LogP contribution >= 0.6 is 11.3 Å². The Morgan fingerprint density at radius 2 is 0.909 bits per heavy atom. The molecule has 0 unspecified atom stereocenters. The molecular weight excluding hydrogens is 827 g/mol. The fraction of sp³-hybridized carbons (Fsp3) is 0.0500. The van der Waals surface area contributed by atoms with Crippen molar-refractivity contribution in [3.8, 4) is 67.5 Å². The zero-order chi connectivity index (χ0) is 43.7. The lowest BCUT2D eigenvalue weighted by Crippen LogP contribution is -2.14. The largest absolute Gasteiger partial charge is 0.456 e. The lowest BCUT2D eigenvalue weighted by molar-refractivity contribution is 0.660. The molecule has 0 saturated carbocycles. The molecule has 1 aliphatic carbocycles. The van der Waals surface area contributed by atoms with E-state index in [0.717, 1.165) is 71.7 Å². The van der Waals surface area contributed by atoms with Gasteiger partial charge in [0.05, 0.1) is 0 Å². The van der Waals surface area contributed by atoms with Crippen molar-refractivity contribution in [1.29, 1.82) is 0 Å². The van der Waals surface area contributed by atoms with Crippen molar-refractivity contribution in [3.05, 3.63) is 199 Å². The van der Waals surface area contributed by atoms with Crippen LogP contribution in [0.2, 0.25) is 0 Å². The normalized spacial score (nSPS) is 13.1. The highest BCUT2D eigenvalue weighted by Crippen LogP contribution is 2.52. The summed E-state index contributed by atoms with van der Waals surface area (Å²) in [6, 6.07) is 66.6. The van der Waals surface area contributed by atoms with Gasteiger partial charge in [0.15, 0.2) is 17.5 Å². The van der Waals surface area contributed by atoms with Gasteiger partial charge in [-0.25, -0.2) is 15.0 Å². The average Bonchev–Trinajstić information content (AvgIpc) is 4.11. The molecule has 310 valence electrons. The van der Waals surface area contributed by atoms with Gasteiger partial charge >= 0.3 is 0 Å². The summed E-state index contributed by atoms with van der Waals surface area (Å²) in [5.74, 6) is 1.73. The van der Waals surface area contributed by atoms with E-state index < -0.39 is 0 Å². The van der Waals surface area contributed by atoms with Crippen LogP contribution in [0.15, 0.2) is 197 Å². The van der Waals surface area contributed by atoms with Gasteiger partial charge in [-0.05, 0) is 105 Å². The van der Waals surface area contributed by atoms with E-state index in [1.54, 1.807) is 11.3 Å². The Balaban J connectivity index is 0.956. The van der Waals surface area contributed by atoms with E-state index >= 15 is 0 Å². The monoisotopic (exact) mass is 863 g/mol. The first kappa shape index (κ1) is 37.2. The Morgan fingerprint density at radius 3 is 1.74 bits per heavy atom. The number of benzene rings is 9. The number of furan rings is 2. The molecule has 0 fully saturated rings. The third-order valence-electron chi connectivity index (χ3n) is 13.8. The van der Waals surface area contributed by atoms with Crippen molar-refractivity contribution in [2.75, 3.05) is 0 Å². The number of hydrogen-bond donors (Lipinski definition) is 0. The summed E-state index contributed by atoms with van der Waals surface area (Å²) >= 11 is 1.80. The molecule has 14 rings (SSSR count). The fourth-order valence-corrected chi connectivity index (χ4v) is 11.7. The van der Waals surface area contributed by atoms with Gasteiger partial charge in [-0.15, -0.1) is 11.3 Å². The second-order valence-electron chi connectivity index (χ2n) is 17.9. The minimum absolute atomic E-state index is 0.0713. The first-order valence-corrected chi connectivity index (χ1v) is 23.1. The highest BCUT2D eigenvalue weighted by atomic mass is 32.1. The van der Waals surface area contributed by atoms with Crippen molar-refractivity contribution < 1.29 is 8.83 Å². The molecule has 4 aromatic heterocycles.